The Balaban J connectivity index is 2.39. The average Bonchev–Trinajstić information content (AvgIpc) is 2.39. The molecule has 0 aromatic heterocycles. The Morgan fingerprint density at radius 2 is 2.05 bits per heavy atom. The van der Waals surface area contributed by atoms with Gasteiger partial charge in [-0.25, -0.2) is 4.39 Å². The third-order valence-electron chi connectivity index (χ3n) is 2.90. The molecule has 0 aliphatic heterocycles. The van der Waals surface area contributed by atoms with Crippen LogP contribution in [-0.2, 0) is 0 Å². The Hall–Kier alpha value is -2.07. The zero-order chi connectivity index (χ0) is 14.7. The van der Waals surface area contributed by atoms with Crippen molar-refractivity contribution in [2.24, 2.45) is 0 Å². The second-order valence-electron chi connectivity index (χ2n) is 4.27. The van der Waals surface area contributed by atoms with E-state index in [4.69, 9.17) is 17.3 Å². The van der Waals surface area contributed by atoms with Crippen LogP contribution in [0, 0.1) is 5.82 Å². The largest absolute Gasteiger partial charge is 0.399 e. The van der Waals surface area contributed by atoms with E-state index in [1.807, 2.05) is 6.92 Å². The van der Waals surface area contributed by atoms with Crippen molar-refractivity contribution >= 4 is 28.9 Å². The van der Waals surface area contributed by atoms with Crippen LogP contribution < -0.4 is 10.6 Å². The fraction of sp³-hybridized carbons (Fsp3) is 0.133. The summed E-state index contributed by atoms with van der Waals surface area (Å²) in [4.78, 5) is 14.0. The van der Waals surface area contributed by atoms with Crippen molar-refractivity contribution in [2.75, 3.05) is 17.2 Å². The molecule has 2 N–H and O–H groups in total. The van der Waals surface area contributed by atoms with Crippen molar-refractivity contribution in [1.82, 2.24) is 0 Å². The SMILES string of the molecule is CCN(C(=O)c1ccc(N)cc1Cl)c1cccc(F)c1. The number of nitrogen functional groups attached to an aromatic ring is 1. The maximum atomic E-state index is 13.3. The van der Waals surface area contributed by atoms with Crippen molar-refractivity contribution < 1.29 is 9.18 Å². The number of hydrogen-bond donors (Lipinski definition) is 1. The van der Waals surface area contributed by atoms with Gasteiger partial charge in [-0.15, -0.1) is 0 Å². The van der Waals surface area contributed by atoms with E-state index in [1.165, 1.54) is 23.1 Å². The van der Waals surface area contributed by atoms with Crippen molar-refractivity contribution in [3.05, 3.63) is 58.9 Å². The summed E-state index contributed by atoms with van der Waals surface area (Å²) >= 11 is 6.04. The summed E-state index contributed by atoms with van der Waals surface area (Å²) in [7, 11) is 0. The number of anilines is 2. The first-order chi connectivity index (χ1) is 9.52. The minimum atomic E-state index is -0.392. The van der Waals surface area contributed by atoms with Gasteiger partial charge in [-0.1, -0.05) is 17.7 Å². The molecule has 0 spiro atoms. The van der Waals surface area contributed by atoms with E-state index in [2.05, 4.69) is 0 Å². The molecule has 2 rings (SSSR count). The standard InChI is InChI=1S/C15H14ClFN2O/c1-2-19(12-5-3-4-10(17)8-12)15(20)13-7-6-11(18)9-14(13)16/h3-9H,2,18H2,1H3. The molecule has 2 aromatic rings. The van der Waals surface area contributed by atoms with Gasteiger partial charge in [0.05, 0.1) is 10.6 Å². The van der Waals surface area contributed by atoms with Crippen LogP contribution in [0.2, 0.25) is 5.02 Å². The smallest absolute Gasteiger partial charge is 0.259 e. The Morgan fingerprint density at radius 1 is 1.30 bits per heavy atom. The molecule has 0 unspecified atom stereocenters. The number of halogens is 2. The molecule has 104 valence electrons. The molecule has 20 heavy (non-hydrogen) atoms. The van der Waals surface area contributed by atoms with Gasteiger partial charge >= 0.3 is 0 Å². The van der Waals surface area contributed by atoms with E-state index in [0.717, 1.165) is 0 Å². The van der Waals surface area contributed by atoms with E-state index in [-0.39, 0.29) is 10.9 Å². The minimum Gasteiger partial charge on any atom is -0.399 e. The fourth-order valence-electron chi connectivity index (χ4n) is 1.94. The zero-order valence-electron chi connectivity index (χ0n) is 10.9. The van der Waals surface area contributed by atoms with E-state index >= 15 is 0 Å². The summed E-state index contributed by atoms with van der Waals surface area (Å²) < 4.78 is 13.3. The summed E-state index contributed by atoms with van der Waals surface area (Å²) in [5, 5.41) is 0.282. The number of hydrogen-bond acceptors (Lipinski definition) is 2. The Kier molecular flexibility index (Phi) is 4.25. The molecule has 0 aliphatic carbocycles. The summed E-state index contributed by atoms with van der Waals surface area (Å²) in [6.07, 6.45) is 0. The second-order valence-corrected chi connectivity index (χ2v) is 4.68. The molecule has 3 nitrogen and oxygen atoms in total. The van der Waals surface area contributed by atoms with Gasteiger partial charge in [-0.3, -0.25) is 4.79 Å². The summed E-state index contributed by atoms with van der Waals surface area (Å²) in [6, 6.07) is 10.6. The molecule has 0 atom stereocenters. The maximum Gasteiger partial charge on any atom is 0.259 e. The highest BCUT2D eigenvalue weighted by Gasteiger charge is 2.19. The topological polar surface area (TPSA) is 46.3 Å². The monoisotopic (exact) mass is 292 g/mol. The molecule has 0 saturated heterocycles. The van der Waals surface area contributed by atoms with Crippen molar-refractivity contribution in [3.63, 3.8) is 0 Å². The van der Waals surface area contributed by atoms with Gasteiger partial charge in [0.1, 0.15) is 5.82 Å². The Labute approximate surface area is 121 Å². The van der Waals surface area contributed by atoms with Crippen LogP contribution in [0.25, 0.3) is 0 Å². The van der Waals surface area contributed by atoms with Crippen LogP contribution in [-0.4, -0.2) is 12.5 Å². The van der Waals surface area contributed by atoms with Gasteiger partial charge < -0.3 is 10.6 Å². The van der Waals surface area contributed by atoms with E-state index in [9.17, 15) is 9.18 Å². The Bertz CT molecular complexity index is 646. The van der Waals surface area contributed by atoms with Gasteiger partial charge in [-0.05, 0) is 43.3 Å². The first-order valence-electron chi connectivity index (χ1n) is 6.15. The van der Waals surface area contributed by atoms with Gasteiger partial charge in [-0.2, -0.15) is 0 Å². The molecule has 0 saturated carbocycles. The lowest BCUT2D eigenvalue weighted by Crippen LogP contribution is -2.30. The molecule has 5 heteroatoms. The average molecular weight is 293 g/mol. The molecular weight excluding hydrogens is 279 g/mol. The van der Waals surface area contributed by atoms with E-state index < -0.39 is 5.82 Å². The van der Waals surface area contributed by atoms with E-state index in [1.54, 1.807) is 24.3 Å². The number of nitrogens with two attached hydrogens (primary N) is 1. The van der Waals surface area contributed by atoms with Gasteiger partial charge in [0, 0.05) is 17.9 Å². The predicted molar refractivity (Wildman–Crippen MR) is 79.6 cm³/mol. The van der Waals surface area contributed by atoms with Crippen LogP contribution in [0.4, 0.5) is 15.8 Å². The number of rotatable bonds is 3. The van der Waals surface area contributed by atoms with Gasteiger partial charge in [0.15, 0.2) is 0 Å². The molecule has 0 radical (unpaired) electrons. The summed E-state index contributed by atoms with van der Waals surface area (Å²) in [5.74, 6) is -0.680. The lowest BCUT2D eigenvalue weighted by atomic mass is 10.1. The maximum absolute atomic E-state index is 13.3. The van der Waals surface area contributed by atoms with Crippen LogP contribution in [0.3, 0.4) is 0 Å². The molecule has 0 heterocycles. The number of nitrogens with zero attached hydrogens (tertiary/aromatic N) is 1. The van der Waals surface area contributed by atoms with Crippen molar-refractivity contribution in [1.29, 1.82) is 0 Å². The summed E-state index contributed by atoms with van der Waals surface area (Å²) in [6.45, 7) is 2.22. The predicted octanol–water partition coefficient (Wildman–Crippen LogP) is 3.73. The first-order valence-corrected chi connectivity index (χ1v) is 6.53. The Morgan fingerprint density at radius 3 is 2.65 bits per heavy atom. The first kappa shape index (κ1) is 14.3. The molecular formula is C15H14ClFN2O. The number of carbonyl (C=O) groups is 1. The quantitative estimate of drug-likeness (QED) is 0.876. The lowest BCUT2D eigenvalue weighted by Gasteiger charge is -2.21. The molecule has 0 bridgehead atoms. The highest BCUT2D eigenvalue weighted by molar-refractivity contribution is 6.34. The van der Waals surface area contributed by atoms with Gasteiger partial charge in [0.25, 0.3) is 5.91 Å². The molecule has 0 aliphatic rings. The number of carbonyl (C=O) groups excluding carboxylic acids is 1. The molecule has 2 aromatic carbocycles. The van der Waals surface area contributed by atoms with Crippen molar-refractivity contribution in [2.45, 2.75) is 6.92 Å². The highest BCUT2D eigenvalue weighted by Crippen LogP contribution is 2.24. The summed E-state index contributed by atoms with van der Waals surface area (Å²) in [5.41, 5.74) is 6.93. The van der Waals surface area contributed by atoms with Crippen LogP contribution in [0.15, 0.2) is 42.5 Å². The van der Waals surface area contributed by atoms with Crippen LogP contribution in [0.5, 0.6) is 0 Å². The van der Waals surface area contributed by atoms with Gasteiger partial charge in [0.2, 0.25) is 0 Å². The fourth-order valence-corrected chi connectivity index (χ4v) is 2.21. The zero-order valence-corrected chi connectivity index (χ0v) is 11.7. The lowest BCUT2D eigenvalue weighted by molar-refractivity contribution is 0.0988. The third kappa shape index (κ3) is 2.91. The van der Waals surface area contributed by atoms with Crippen molar-refractivity contribution in [3.8, 4) is 0 Å². The number of benzene rings is 2. The highest BCUT2D eigenvalue weighted by atomic mass is 35.5. The number of amides is 1. The molecule has 0 fully saturated rings. The third-order valence-corrected chi connectivity index (χ3v) is 3.22. The normalized spacial score (nSPS) is 10.3. The molecule has 1 amide bonds. The van der Waals surface area contributed by atoms with E-state index in [0.29, 0.717) is 23.5 Å². The minimum absolute atomic E-state index is 0.282. The second kappa shape index (κ2) is 5.92. The van der Waals surface area contributed by atoms with Crippen LogP contribution >= 0.6 is 11.6 Å². The van der Waals surface area contributed by atoms with Crippen LogP contribution in [0.1, 0.15) is 17.3 Å².